The van der Waals surface area contributed by atoms with Gasteiger partial charge < -0.3 is 30.2 Å². The van der Waals surface area contributed by atoms with Crippen molar-refractivity contribution in [3.05, 3.63) is 78.8 Å². The molecular formula is C29H30N8O4. The van der Waals surface area contributed by atoms with Gasteiger partial charge >= 0.3 is 0 Å². The number of benzene rings is 1. The van der Waals surface area contributed by atoms with Crippen LogP contribution in [0.2, 0.25) is 0 Å². The number of anilines is 1. The lowest BCUT2D eigenvalue weighted by Crippen LogP contribution is -2.43. The standard InChI is InChI=1S/C29H30N8O4/c38-23-24(39)29(41-25(23)28(40)35-18-8-9-18)37-16-34-22-26(32-15-33-27(22)37)31-12-10-17-13-36(14-19-5-3-4-11-30-19)21-7-2-1-6-20(17)21/h1-7,11,13,15-16,18,23-25,29,38-39H,8-10,12,14H2,(H,35,40)(H,31,32,33)/t23-,24+,25-,29+/m0/s1. The third kappa shape index (κ3) is 4.90. The molecule has 2 fully saturated rings. The number of aromatic nitrogens is 6. The van der Waals surface area contributed by atoms with Crippen molar-refractivity contribution in [2.75, 3.05) is 11.9 Å². The first-order valence-electron chi connectivity index (χ1n) is 13.8. The Labute approximate surface area is 235 Å². The van der Waals surface area contributed by atoms with Gasteiger partial charge in [-0.3, -0.25) is 14.3 Å². The summed E-state index contributed by atoms with van der Waals surface area (Å²) in [5.41, 5.74) is 4.27. The SMILES string of the molecule is O=C(NC1CC1)[C@H]1O[C@@H](n2cnc3c(NCCc4cn(Cc5ccccn5)c5ccccc45)ncnc32)[C@H](O)[C@@H]1O. The average molecular weight is 555 g/mol. The minimum absolute atomic E-state index is 0.113. The molecule has 0 bridgehead atoms. The molecule has 5 aromatic rings. The van der Waals surface area contributed by atoms with Crippen molar-refractivity contribution >= 4 is 33.8 Å². The Kier molecular flexibility index (Phi) is 6.57. The number of rotatable bonds is 9. The van der Waals surface area contributed by atoms with Crippen LogP contribution >= 0.6 is 0 Å². The fraction of sp³-hybridized carbons (Fsp3) is 0.345. The number of fused-ring (bicyclic) bond motifs is 2. The van der Waals surface area contributed by atoms with Crippen molar-refractivity contribution in [2.24, 2.45) is 0 Å². The van der Waals surface area contributed by atoms with E-state index >= 15 is 0 Å². The summed E-state index contributed by atoms with van der Waals surface area (Å²) in [4.78, 5) is 30.2. The first-order valence-corrected chi connectivity index (χ1v) is 13.8. The van der Waals surface area contributed by atoms with Gasteiger partial charge in [0, 0.05) is 35.9 Å². The zero-order chi connectivity index (χ0) is 27.9. The number of imidazole rings is 1. The van der Waals surface area contributed by atoms with Crippen LogP contribution in [0.1, 0.15) is 30.3 Å². The summed E-state index contributed by atoms with van der Waals surface area (Å²) >= 11 is 0. The number of nitrogens with one attached hydrogen (secondary N) is 2. The topological polar surface area (TPSA) is 152 Å². The van der Waals surface area contributed by atoms with Crippen molar-refractivity contribution < 1.29 is 19.7 Å². The van der Waals surface area contributed by atoms with Crippen LogP contribution in [-0.4, -0.2) is 76.1 Å². The van der Waals surface area contributed by atoms with Crippen LogP contribution in [0.4, 0.5) is 5.82 Å². The predicted molar refractivity (Wildman–Crippen MR) is 150 cm³/mol. The van der Waals surface area contributed by atoms with Crippen molar-refractivity contribution in [1.82, 2.24) is 34.4 Å². The summed E-state index contributed by atoms with van der Waals surface area (Å²) in [5.74, 6) is 0.117. The monoisotopic (exact) mass is 554 g/mol. The Bertz CT molecular complexity index is 1700. The van der Waals surface area contributed by atoms with E-state index in [0.717, 1.165) is 30.5 Å². The van der Waals surface area contributed by atoms with E-state index in [1.807, 2.05) is 36.5 Å². The van der Waals surface area contributed by atoms with Crippen molar-refractivity contribution in [3.8, 4) is 0 Å². The van der Waals surface area contributed by atoms with Gasteiger partial charge in [-0.1, -0.05) is 24.3 Å². The van der Waals surface area contributed by atoms with Gasteiger partial charge in [-0.15, -0.1) is 0 Å². The maximum absolute atomic E-state index is 12.5. The smallest absolute Gasteiger partial charge is 0.252 e. The van der Waals surface area contributed by atoms with Crippen LogP contribution in [0, 0.1) is 0 Å². The quantitative estimate of drug-likeness (QED) is 0.214. The molecule has 12 heteroatoms. The molecule has 12 nitrogen and oxygen atoms in total. The van der Waals surface area contributed by atoms with Gasteiger partial charge in [0.05, 0.1) is 18.6 Å². The van der Waals surface area contributed by atoms with E-state index in [1.54, 1.807) is 0 Å². The maximum atomic E-state index is 12.5. The van der Waals surface area contributed by atoms with E-state index in [4.69, 9.17) is 4.74 Å². The lowest BCUT2D eigenvalue weighted by atomic mass is 10.1. The second-order valence-electron chi connectivity index (χ2n) is 10.6. The lowest BCUT2D eigenvalue weighted by molar-refractivity contribution is -0.137. The Morgan fingerprint density at radius 1 is 1.02 bits per heavy atom. The zero-order valence-electron chi connectivity index (χ0n) is 22.2. The summed E-state index contributed by atoms with van der Waals surface area (Å²) in [7, 11) is 0. The van der Waals surface area contributed by atoms with Gasteiger partial charge in [0.15, 0.2) is 29.3 Å². The van der Waals surface area contributed by atoms with Crippen LogP contribution in [0.3, 0.4) is 0 Å². The van der Waals surface area contributed by atoms with E-state index in [2.05, 4.69) is 53.5 Å². The molecule has 4 aromatic heterocycles. The zero-order valence-corrected chi connectivity index (χ0v) is 22.2. The lowest BCUT2D eigenvalue weighted by Gasteiger charge is -2.16. The summed E-state index contributed by atoms with van der Waals surface area (Å²) < 4.78 is 9.57. The molecule has 0 spiro atoms. The Morgan fingerprint density at radius 2 is 1.88 bits per heavy atom. The molecular weight excluding hydrogens is 524 g/mol. The summed E-state index contributed by atoms with van der Waals surface area (Å²) in [6.45, 7) is 1.28. The normalized spacial score (nSPS) is 22.4. The van der Waals surface area contributed by atoms with E-state index in [0.29, 0.717) is 30.1 Å². The molecule has 41 heavy (non-hydrogen) atoms. The van der Waals surface area contributed by atoms with Crippen molar-refractivity contribution in [2.45, 2.75) is 56.4 Å². The largest absolute Gasteiger partial charge is 0.387 e. The van der Waals surface area contributed by atoms with Gasteiger partial charge in [0.1, 0.15) is 18.5 Å². The number of carbonyl (C=O) groups is 1. The predicted octanol–water partition coefficient (Wildman–Crippen LogP) is 1.78. The van der Waals surface area contributed by atoms with Gasteiger partial charge in [0.25, 0.3) is 5.91 Å². The molecule has 4 atom stereocenters. The maximum Gasteiger partial charge on any atom is 0.252 e. The van der Waals surface area contributed by atoms with E-state index in [9.17, 15) is 15.0 Å². The van der Waals surface area contributed by atoms with Gasteiger partial charge in [-0.2, -0.15) is 0 Å². The van der Waals surface area contributed by atoms with Crippen LogP contribution in [0.25, 0.3) is 22.1 Å². The number of aliphatic hydroxyl groups excluding tert-OH is 2. The highest BCUT2D eigenvalue weighted by molar-refractivity contribution is 5.85. The number of nitrogens with zero attached hydrogens (tertiary/aromatic N) is 6. The van der Waals surface area contributed by atoms with E-state index < -0.39 is 30.4 Å². The van der Waals surface area contributed by atoms with E-state index in [1.165, 1.54) is 28.2 Å². The molecule has 4 N–H and O–H groups in total. The first-order chi connectivity index (χ1) is 20.1. The van der Waals surface area contributed by atoms with Gasteiger partial charge in [-0.25, -0.2) is 15.0 Å². The number of para-hydroxylation sites is 1. The number of hydrogen-bond donors (Lipinski definition) is 4. The van der Waals surface area contributed by atoms with Crippen LogP contribution < -0.4 is 10.6 Å². The number of hydrogen-bond acceptors (Lipinski definition) is 9. The summed E-state index contributed by atoms with van der Waals surface area (Å²) in [6.07, 6.45) is 4.56. The molecule has 5 heterocycles. The molecule has 1 aromatic carbocycles. The number of pyridine rings is 1. The number of carbonyl (C=O) groups excluding carboxylic acids is 1. The summed E-state index contributed by atoms with van der Waals surface area (Å²) in [5, 5.41) is 28.6. The second kappa shape index (κ2) is 10.5. The van der Waals surface area contributed by atoms with Gasteiger partial charge in [-0.05, 0) is 43.0 Å². The highest BCUT2D eigenvalue weighted by atomic mass is 16.6. The molecule has 7 rings (SSSR count). The third-order valence-electron chi connectivity index (χ3n) is 7.67. The molecule has 1 aliphatic carbocycles. The first kappa shape index (κ1) is 25.6. The molecule has 0 radical (unpaired) electrons. The Morgan fingerprint density at radius 3 is 2.71 bits per heavy atom. The average Bonchev–Trinajstić information content (AvgIpc) is 3.48. The molecule has 1 amide bonds. The fourth-order valence-corrected chi connectivity index (χ4v) is 5.42. The van der Waals surface area contributed by atoms with Gasteiger partial charge in [0.2, 0.25) is 0 Å². The van der Waals surface area contributed by atoms with Crippen molar-refractivity contribution in [3.63, 3.8) is 0 Å². The number of amides is 1. The minimum Gasteiger partial charge on any atom is -0.387 e. The molecule has 2 aliphatic rings. The highest BCUT2D eigenvalue weighted by Crippen LogP contribution is 2.33. The molecule has 0 unspecified atom stereocenters. The minimum atomic E-state index is -1.37. The molecule has 1 aliphatic heterocycles. The highest BCUT2D eigenvalue weighted by Gasteiger charge is 2.48. The summed E-state index contributed by atoms with van der Waals surface area (Å²) in [6, 6.07) is 14.4. The Hall–Kier alpha value is -4.39. The molecule has 1 saturated carbocycles. The second-order valence-corrected chi connectivity index (χ2v) is 10.6. The van der Waals surface area contributed by atoms with Crippen LogP contribution in [-0.2, 0) is 22.5 Å². The Balaban J connectivity index is 1.07. The van der Waals surface area contributed by atoms with E-state index in [-0.39, 0.29) is 6.04 Å². The van der Waals surface area contributed by atoms with Crippen LogP contribution in [0.15, 0.2) is 67.5 Å². The number of aliphatic hydroxyl groups is 2. The third-order valence-corrected chi connectivity index (χ3v) is 7.67. The number of ether oxygens (including phenoxy) is 1. The molecule has 1 saturated heterocycles. The molecule has 210 valence electrons. The van der Waals surface area contributed by atoms with Crippen molar-refractivity contribution in [1.29, 1.82) is 0 Å². The fourth-order valence-electron chi connectivity index (χ4n) is 5.42. The van der Waals surface area contributed by atoms with Crippen LogP contribution in [0.5, 0.6) is 0 Å².